The molecule has 0 fully saturated rings. The number of nitrogens with two attached hydrogens (primary N) is 1. The van der Waals surface area contributed by atoms with E-state index in [0.717, 1.165) is 13.0 Å². The molecule has 1 aromatic carbocycles. The highest BCUT2D eigenvalue weighted by Gasteiger charge is 1.94. The Morgan fingerprint density at radius 3 is 3.07 bits per heavy atom. The lowest BCUT2D eigenvalue weighted by Crippen LogP contribution is -1.94. The van der Waals surface area contributed by atoms with Crippen LogP contribution in [-0.4, -0.2) is 6.54 Å². The van der Waals surface area contributed by atoms with Crippen LogP contribution in [0, 0.1) is 0 Å². The summed E-state index contributed by atoms with van der Waals surface area (Å²) in [6.07, 6.45) is 5.19. The molecule has 0 aliphatic heterocycles. The molecule has 1 nitrogen and oxygen atoms in total. The van der Waals surface area contributed by atoms with Crippen LogP contribution in [-0.2, 0) is 0 Å². The maximum Gasteiger partial charge on any atom is 0.0343 e. The number of hydrogen-bond acceptors (Lipinski definition) is 2. The number of fused-ring (bicyclic) bond motifs is 1. The molecule has 2 N–H and O–H groups in total. The Morgan fingerprint density at radius 2 is 2.21 bits per heavy atom. The van der Waals surface area contributed by atoms with Crippen molar-refractivity contribution in [1.29, 1.82) is 0 Å². The Kier molecular flexibility index (Phi) is 2.96. The average Bonchev–Trinajstić information content (AvgIpc) is 2.65. The molecule has 0 aliphatic carbocycles. The first-order chi connectivity index (χ1) is 6.90. The molecule has 0 amide bonds. The van der Waals surface area contributed by atoms with E-state index in [1.165, 1.54) is 15.6 Å². The Labute approximate surface area is 87.9 Å². The first-order valence-electron chi connectivity index (χ1n) is 4.74. The summed E-state index contributed by atoms with van der Waals surface area (Å²) in [6, 6.07) is 8.67. The van der Waals surface area contributed by atoms with E-state index in [-0.39, 0.29) is 0 Å². The summed E-state index contributed by atoms with van der Waals surface area (Å²) in [4.78, 5) is 0. The fourth-order valence-corrected chi connectivity index (χ4v) is 2.18. The second-order valence-corrected chi connectivity index (χ2v) is 4.15. The Morgan fingerprint density at radius 1 is 1.29 bits per heavy atom. The van der Waals surface area contributed by atoms with Crippen molar-refractivity contribution in [2.24, 2.45) is 5.73 Å². The van der Waals surface area contributed by atoms with E-state index in [2.05, 4.69) is 41.8 Å². The molecule has 0 bridgehead atoms. The van der Waals surface area contributed by atoms with Crippen molar-refractivity contribution in [3.63, 3.8) is 0 Å². The van der Waals surface area contributed by atoms with Crippen LogP contribution in [0.5, 0.6) is 0 Å². The molecule has 1 heterocycles. The molecule has 0 spiro atoms. The van der Waals surface area contributed by atoms with E-state index < -0.39 is 0 Å². The monoisotopic (exact) mass is 203 g/mol. The zero-order chi connectivity index (χ0) is 9.80. The van der Waals surface area contributed by atoms with Gasteiger partial charge in [-0.15, -0.1) is 11.3 Å². The molecular formula is C12H13NS. The fourth-order valence-electron chi connectivity index (χ4n) is 1.40. The van der Waals surface area contributed by atoms with Crippen molar-refractivity contribution in [3.05, 3.63) is 41.3 Å². The lowest BCUT2D eigenvalue weighted by Gasteiger charge is -1.93. The van der Waals surface area contributed by atoms with Gasteiger partial charge in [-0.05, 0) is 47.5 Å². The summed E-state index contributed by atoms with van der Waals surface area (Å²) in [6.45, 7) is 0.719. The van der Waals surface area contributed by atoms with Gasteiger partial charge in [0.15, 0.2) is 0 Å². The van der Waals surface area contributed by atoms with Crippen LogP contribution in [0.2, 0.25) is 0 Å². The molecule has 2 rings (SSSR count). The normalized spacial score (nSPS) is 11.5. The molecule has 0 atom stereocenters. The van der Waals surface area contributed by atoms with Gasteiger partial charge in [-0.25, -0.2) is 0 Å². The van der Waals surface area contributed by atoms with Crippen molar-refractivity contribution in [3.8, 4) is 0 Å². The van der Waals surface area contributed by atoms with Crippen molar-refractivity contribution in [2.75, 3.05) is 6.54 Å². The highest BCUT2D eigenvalue weighted by atomic mass is 32.1. The quantitative estimate of drug-likeness (QED) is 0.814. The van der Waals surface area contributed by atoms with Crippen LogP contribution in [0.25, 0.3) is 16.2 Å². The summed E-state index contributed by atoms with van der Waals surface area (Å²) in [5, 5.41) is 3.45. The van der Waals surface area contributed by atoms with E-state index in [4.69, 9.17) is 5.73 Å². The first-order valence-corrected chi connectivity index (χ1v) is 5.62. The molecule has 0 radical (unpaired) electrons. The van der Waals surface area contributed by atoms with E-state index in [1.807, 2.05) is 0 Å². The molecule has 1 aromatic heterocycles. The van der Waals surface area contributed by atoms with Crippen LogP contribution in [0.4, 0.5) is 0 Å². The van der Waals surface area contributed by atoms with Crippen LogP contribution in [0.3, 0.4) is 0 Å². The van der Waals surface area contributed by atoms with Crippen molar-refractivity contribution < 1.29 is 0 Å². The van der Waals surface area contributed by atoms with Crippen molar-refractivity contribution in [1.82, 2.24) is 0 Å². The van der Waals surface area contributed by atoms with Crippen LogP contribution in [0.15, 0.2) is 35.7 Å². The van der Waals surface area contributed by atoms with Crippen molar-refractivity contribution >= 4 is 27.5 Å². The second kappa shape index (κ2) is 4.40. The molecule has 2 aromatic rings. The van der Waals surface area contributed by atoms with Crippen LogP contribution < -0.4 is 5.73 Å². The van der Waals surface area contributed by atoms with Crippen molar-refractivity contribution in [2.45, 2.75) is 6.42 Å². The fraction of sp³-hybridized carbons (Fsp3) is 0.167. The number of benzene rings is 1. The predicted molar refractivity (Wildman–Crippen MR) is 64.5 cm³/mol. The SMILES string of the molecule is NCCC=Cc1ccc2sccc2c1. The van der Waals surface area contributed by atoms with Gasteiger partial charge in [0.05, 0.1) is 0 Å². The van der Waals surface area contributed by atoms with Crippen LogP contribution >= 0.6 is 11.3 Å². The molecule has 2 heteroatoms. The Balaban J connectivity index is 2.25. The van der Waals surface area contributed by atoms with Gasteiger partial charge in [0, 0.05) is 4.70 Å². The largest absolute Gasteiger partial charge is 0.330 e. The lowest BCUT2D eigenvalue weighted by atomic mass is 10.1. The van der Waals surface area contributed by atoms with Gasteiger partial charge in [0.2, 0.25) is 0 Å². The van der Waals surface area contributed by atoms with Gasteiger partial charge < -0.3 is 5.73 Å². The minimum Gasteiger partial charge on any atom is -0.330 e. The summed E-state index contributed by atoms with van der Waals surface area (Å²) >= 11 is 1.78. The number of hydrogen-bond donors (Lipinski definition) is 1. The predicted octanol–water partition coefficient (Wildman–Crippen LogP) is 3.26. The Hall–Kier alpha value is -1.12. The summed E-state index contributed by atoms with van der Waals surface area (Å²) in [5.74, 6) is 0. The molecule has 0 unspecified atom stereocenters. The summed E-state index contributed by atoms with van der Waals surface area (Å²) in [5.41, 5.74) is 6.67. The number of rotatable bonds is 3. The van der Waals surface area contributed by atoms with E-state index in [1.54, 1.807) is 11.3 Å². The van der Waals surface area contributed by atoms with E-state index >= 15 is 0 Å². The van der Waals surface area contributed by atoms with Gasteiger partial charge in [-0.1, -0.05) is 18.2 Å². The van der Waals surface area contributed by atoms with Gasteiger partial charge in [-0.3, -0.25) is 0 Å². The lowest BCUT2D eigenvalue weighted by molar-refractivity contribution is 1.01. The average molecular weight is 203 g/mol. The highest BCUT2D eigenvalue weighted by Crippen LogP contribution is 2.22. The molecule has 0 saturated heterocycles. The van der Waals surface area contributed by atoms with Crippen LogP contribution in [0.1, 0.15) is 12.0 Å². The topological polar surface area (TPSA) is 26.0 Å². The maximum atomic E-state index is 5.42. The summed E-state index contributed by atoms with van der Waals surface area (Å²) < 4.78 is 1.35. The van der Waals surface area contributed by atoms with Gasteiger partial charge in [0.1, 0.15) is 0 Å². The third kappa shape index (κ3) is 2.03. The third-order valence-electron chi connectivity index (χ3n) is 2.12. The number of thiophene rings is 1. The van der Waals surface area contributed by atoms with Gasteiger partial charge in [0.25, 0.3) is 0 Å². The molecule has 72 valence electrons. The minimum atomic E-state index is 0.719. The minimum absolute atomic E-state index is 0.719. The molecule has 0 aliphatic rings. The summed E-state index contributed by atoms with van der Waals surface area (Å²) in [7, 11) is 0. The second-order valence-electron chi connectivity index (χ2n) is 3.20. The van der Waals surface area contributed by atoms with E-state index in [0.29, 0.717) is 0 Å². The smallest absolute Gasteiger partial charge is 0.0343 e. The highest BCUT2D eigenvalue weighted by molar-refractivity contribution is 7.17. The zero-order valence-electron chi connectivity index (χ0n) is 7.94. The molecule has 0 saturated carbocycles. The molecule has 14 heavy (non-hydrogen) atoms. The van der Waals surface area contributed by atoms with Gasteiger partial charge >= 0.3 is 0 Å². The van der Waals surface area contributed by atoms with Gasteiger partial charge in [-0.2, -0.15) is 0 Å². The third-order valence-corrected chi connectivity index (χ3v) is 3.02. The zero-order valence-corrected chi connectivity index (χ0v) is 8.76. The Bertz CT molecular complexity index is 442. The standard InChI is InChI=1S/C12H13NS/c13-7-2-1-3-10-4-5-12-11(9-10)6-8-14-12/h1,3-6,8-9H,2,7,13H2. The first kappa shape index (κ1) is 9.44. The maximum absolute atomic E-state index is 5.42. The molecular weight excluding hydrogens is 190 g/mol. The van der Waals surface area contributed by atoms with E-state index in [9.17, 15) is 0 Å².